The van der Waals surface area contributed by atoms with Crippen molar-refractivity contribution in [1.82, 2.24) is 0 Å². The Balaban J connectivity index is 4.35. The van der Waals surface area contributed by atoms with E-state index in [0.29, 0.717) is 6.42 Å². The van der Waals surface area contributed by atoms with Crippen molar-refractivity contribution in [3.63, 3.8) is 0 Å². The van der Waals surface area contributed by atoms with Gasteiger partial charge < -0.3 is 4.74 Å². The van der Waals surface area contributed by atoms with E-state index >= 15 is 0 Å². The van der Waals surface area contributed by atoms with Gasteiger partial charge in [0.25, 0.3) is 0 Å². The number of carbonyl (C=O) groups excluding carboxylic acids is 1. The minimum absolute atomic E-state index is 0.235. The van der Waals surface area contributed by atoms with E-state index in [1.807, 2.05) is 6.92 Å². The van der Waals surface area contributed by atoms with Crippen molar-refractivity contribution in [3.05, 3.63) is 0 Å². The summed E-state index contributed by atoms with van der Waals surface area (Å²) in [5, 5.41) is 3.70. The maximum Gasteiger partial charge on any atom is 0.325 e. The van der Waals surface area contributed by atoms with E-state index in [0.717, 1.165) is 20.0 Å². The largest absolute Gasteiger partial charge is 0.468 e. The van der Waals surface area contributed by atoms with Crippen LogP contribution >= 0.6 is 0 Å². The highest BCUT2D eigenvalue weighted by Crippen LogP contribution is 2.10. The summed E-state index contributed by atoms with van der Waals surface area (Å²) in [6.45, 7) is 1.99. The molecule has 1 unspecified atom stereocenters. The fourth-order valence-corrected chi connectivity index (χ4v) is 1.99. The van der Waals surface area contributed by atoms with Gasteiger partial charge in [-0.05, 0) is 6.42 Å². The first-order valence-electron chi connectivity index (χ1n) is 4.53. The van der Waals surface area contributed by atoms with Crippen LogP contribution in [-0.4, -0.2) is 26.7 Å². The molecule has 0 spiro atoms. The molecule has 0 aromatic rings. The summed E-state index contributed by atoms with van der Waals surface area (Å²) >= 11 is 0. The number of primary sulfonamides is 1. The number of ether oxygens (including phenoxy) is 1. The normalized spacial score (nSPS) is 13.6. The standard InChI is InChI=1S/C8H17NO4S/c1-3-4-5-6-7(8(10)13-2)14(9,11)12/h7H,3-6H2,1-2H3,(H2,9,11,12). The summed E-state index contributed by atoms with van der Waals surface area (Å²) in [7, 11) is -2.68. The number of sulfonamides is 1. The molecule has 84 valence electrons. The minimum atomic E-state index is -3.83. The van der Waals surface area contributed by atoms with Crippen LogP contribution in [0.1, 0.15) is 32.6 Å². The quantitative estimate of drug-likeness (QED) is 0.521. The fourth-order valence-electron chi connectivity index (χ4n) is 1.13. The van der Waals surface area contributed by atoms with Crippen LogP contribution in [0, 0.1) is 0 Å². The number of hydrogen-bond acceptors (Lipinski definition) is 4. The van der Waals surface area contributed by atoms with E-state index in [1.165, 1.54) is 0 Å². The Kier molecular flexibility index (Phi) is 5.71. The summed E-state index contributed by atoms with van der Waals surface area (Å²) in [5.41, 5.74) is 0. The first-order valence-corrected chi connectivity index (χ1v) is 6.13. The molecule has 0 fully saturated rings. The molecule has 0 rings (SSSR count). The summed E-state index contributed by atoms with van der Waals surface area (Å²) in [5.74, 6) is -0.774. The van der Waals surface area contributed by atoms with Gasteiger partial charge in [0.05, 0.1) is 7.11 Å². The zero-order valence-corrected chi connectivity index (χ0v) is 9.34. The van der Waals surface area contributed by atoms with Gasteiger partial charge in [-0.3, -0.25) is 4.79 Å². The molecule has 0 aromatic carbocycles. The van der Waals surface area contributed by atoms with E-state index in [-0.39, 0.29) is 6.42 Å². The summed E-state index contributed by atoms with van der Waals surface area (Å²) < 4.78 is 26.4. The monoisotopic (exact) mass is 223 g/mol. The zero-order valence-electron chi connectivity index (χ0n) is 8.52. The van der Waals surface area contributed by atoms with E-state index in [2.05, 4.69) is 4.74 Å². The van der Waals surface area contributed by atoms with Crippen molar-refractivity contribution in [1.29, 1.82) is 0 Å². The van der Waals surface area contributed by atoms with Crippen molar-refractivity contribution < 1.29 is 17.9 Å². The highest BCUT2D eigenvalue weighted by molar-refractivity contribution is 7.90. The van der Waals surface area contributed by atoms with Crippen molar-refractivity contribution in [2.45, 2.75) is 37.9 Å². The molecule has 0 heterocycles. The first-order chi connectivity index (χ1) is 6.43. The van der Waals surface area contributed by atoms with E-state index < -0.39 is 21.2 Å². The number of nitrogens with two attached hydrogens (primary N) is 1. The van der Waals surface area contributed by atoms with Crippen LogP contribution in [0.3, 0.4) is 0 Å². The molecule has 0 aliphatic heterocycles. The lowest BCUT2D eigenvalue weighted by atomic mass is 10.1. The third-order valence-corrected chi connectivity index (χ3v) is 3.15. The second-order valence-electron chi connectivity index (χ2n) is 3.10. The van der Waals surface area contributed by atoms with Crippen LogP contribution in [0.4, 0.5) is 0 Å². The van der Waals surface area contributed by atoms with Crippen LogP contribution < -0.4 is 5.14 Å². The number of hydrogen-bond donors (Lipinski definition) is 1. The van der Waals surface area contributed by atoms with Gasteiger partial charge >= 0.3 is 5.97 Å². The second kappa shape index (κ2) is 5.98. The highest BCUT2D eigenvalue weighted by Gasteiger charge is 2.29. The molecule has 0 radical (unpaired) electrons. The summed E-state index contributed by atoms with van der Waals surface area (Å²) in [6.07, 6.45) is 2.73. The first kappa shape index (κ1) is 13.4. The lowest BCUT2D eigenvalue weighted by Crippen LogP contribution is -2.36. The summed E-state index contributed by atoms with van der Waals surface area (Å²) in [6, 6.07) is 0. The number of unbranched alkanes of at least 4 members (excludes halogenated alkanes) is 2. The van der Waals surface area contributed by atoms with Crippen LogP contribution in [-0.2, 0) is 19.6 Å². The average molecular weight is 223 g/mol. The van der Waals surface area contributed by atoms with Crippen molar-refractivity contribution in [2.75, 3.05) is 7.11 Å². The van der Waals surface area contributed by atoms with Gasteiger partial charge in [-0.25, -0.2) is 13.6 Å². The number of methoxy groups -OCH3 is 1. The van der Waals surface area contributed by atoms with Gasteiger partial charge in [0.1, 0.15) is 0 Å². The van der Waals surface area contributed by atoms with Crippen molar-refractivity contribution >= 4 is 16.0 Å². The second-order valence-corrected chi connectivity index (χ2v) is 4.84. The van der Waals surface area contributed by atoms with Crippen molar-refractivity contribution in [3.8, 4) is 0 Å². The van der Waals surface area contributed by atoms with Crippen LogP contribution in [0.25, 0.3) is 0 Å². The smallest absolute Gasteiger partial charge is 0.325 e. The van der Waals surface area contributed by atoms with Gasteiger partial charge in [0, 0.05) is 0 Å². The molecule has 0 amide bonds. The molecular weight excluding hydrogens is 206 g/mol. The Labute approximate surface area is 84.7 Å². The SMILES string of the molecule is CCCCCC(C(=O)OC)S(N)(=O)=O. The Morgan fingerprint density at radius 1 is 1.43 bits per heavy atom. The minimum Gasteiger partial charge on any atom is -0.468 e. The van der Waals surface area contributed by atoms with Gasteiger partial charge in [0.2, 0.25) is 10.0 Å². The lowest BCUT2D eigenvalue weighted by Gasteiger charge is -2.11. The van der Waals surface area contributed by atoms with E-state index in [1.54, 1.807) is 0 Å². The van der Waals surface area contributed by atoms with E-state index in [4.69, 9.17) is 5.14 Å². The Morgan fingerprint density at radius 3 is 2.36 bits per heavy atom. The Morgan fingerprint density at radius 2 is 2.00 bits per heavy atom. The Bertz CT molecular complexity index is 273. The highest BCUT2D eigenvalue weighted by atomic mass is 32.2. The van der Waals surface area contributed by atoms with Crippen LogP contribution in [0.5, 0.6) is 0 Å². The predicted octanol–water partition coefficient (Wildman–Crippen LogP) is 0.397. The lowest BCUT2D eigenvalue weighted by molar-refractivity contribution is -0.140. The van der Waals surface area contributed by atoms with Crippen LogP contribution in [0.2, 0.25) is 0 Å². The molecule has 5 nitrogen and oxygen atoms in total. The molecule has 14 heavy (non-hydrogen) atoms. The fraction of sp³-hybridized carbons (Fsp3) is 0.875. The number of rotatable bonds is 6. The van der Waals surface area contributed by atoms with Gasteiger partial charge in [-0.15, -0.1) is 0 Å². The molecule has 0 bridgehead atoms. The molecular formula is C8H17NO4S. The number of carbonyl (C=O) groups is 1. The molecule has 0 aliphatic carbocycles. The zero-order chi connectivity index (χ0) is 11.2. The molecule has 0 aromatic heterocycles. The molecule has 1 atom stereocenters. The Hall–Kier alpha value is -0.620. The third kappa shape index (κ3) is 4.57. The molecule has 0 aliphatic rings. The molecule has 0 saturated carbocycles. The predicted molar refractivity (Wildman–Crippen MR) is 53.1 cm³/mol. The average Bonchev–Trinajstić information content (AvgIpc) is 2.09. The van der Waals surface area contributed by atoms with Gasteiger partial charge in [-0.2, -0.15) is 0 Å². The third-order valence-electron chi connectivity index (χ3n) is 1.93. The van der Waals surface area contributed by atoms with E-state index in [9.17, 15) is 13.2 Å². The molecule has 0 saturated heterocycles. The topological polar surface area (TPSA) is 86.5 Å². The maximum atomic E-state index is 11.1. The summed E-state index contributed by atoms with van der Waals surface area (Å²) in [4.78, 5) is 11.1. The van der Waals surface area contributed by atoms with Crippen LogP contribution in [0.15, 0.2) is 0 Å². The molecule has 2 N–H and O–H groups in total. The maximum absolute atomic E-state index is 11.1. The van der Waals surface area contributed by atoms with Crippen molar-refractivity contribution in [2.24, 2.45) is 5.14 Å². The van der Waals surface area contributed by atoms with Gasteiger partial charge in [0.15, 0.2) is 5.25 Å². The molecule has 6 heteroatoms. The van der Waals surface area contributed by atoms with Gasteiger partial charge in [-0.1, -0.05) is 26.2 Å². The number of esters is 1.